The Morgan fingerprint density at radius 3 is 2.41 bits per heavy atom. The maximum absolute atomic E-state index is 12.1. The molecular weight excluding hydrogens is 338 g/mol. The summed E-state index contributed by atoms with van der Waals surface area (Å²) in [6.07, 6.45) is 4.54. The first-order chi connectivity index (χ1) is 13.1. The second-order valence-electron chi connectivity index (χ2n) is 6.78. The van der Waals surface area contributed by atoms with Crippen molar-refractivity contribution < 1.29 is 14.3 Å². The van der Waals surface area contributed by atoms with Gasteiger partial charge in [0.05, 0.1) is 13.2 Å². The van der Waals surface area contributed by atoms with Crippen LogP contribution in [0.15, 0.2) is 42.5 Å². The maximum Gasteiger partial charge on any atom is 0.224 e. The van der Waals surface area contributed by atoms with E-state index in [4.69, 9.17) is 9.47 Å². The van der Waals surface area contributed by atoms with Gasteiger partial charge in [0.25, 0.3) is 0 Å². The van der Waals surface area contributed by atoms with Gasteiger partial charge >= 0.3 is 0 Å². The molecule has 0 saturated heterocycles. The van der Waals surface area contributed by atoms with Crippen LogP contribution in [-0.4, -0.2) is 19.1 Å². The lowest BCUT2D eigenvalue weighted by Gasteiger charge is -2.11. The first-order valence-corrected chi connectivity index (χ1v) is 9.82. The highest BCUT2D eigenvalue weighted by molar-refractivity contribution is 5.90. The fraction of sp³-hybridized carbons (Fsp3) is 0.435. The van der Waals surface area contributed by atoms with Crippen molar-refractivity contribution in [2.24, 2.45) is 0 Å². The lowest BCUT2D eigenvalue weighted by Crippen LogP contribution is -2.13. The minimum absolute atomic E-state index is 0.00354. The van der Waals surface area contributed by atoms with E-state index in [1.807, 2.05) is 36.4 Å². The van der Waals surface area contributed by atoms with Gasteiger partial charge in [0.2, 0.25) is 5.91 Å². The van der Waals surface area contributed by atoms with Crippen molar-refractivity contribution in [2.75, 3.05) is 18.5 Å². The van der Waals surface area contributed by atoms with E-state index in [0.717, 1.165) is 35.8 Å². The van der Waals surface area contributed by atoms with Crippen LogP contribution in [0.3, 0.4) is 0 Å². The summed E-state index contributed by atoms with van der Waals surface area (Å²) in [5, 5.41) is 2.91. The van der Waals surface area contributed by atoms with Gasteiger partial charge in [-0.05, 0) is 68.1 Å². The van der Waals surface area contributed by atoms with Crippen LogP contribution in [0.1, 0.15) is 50.2 Å². The van der Waals surface area contributed by atoms with E-state index in [1.54, 1.807) is 0 Å². The first-order valence-electron chi connectivity index (χ1n) is 9.82. The molecule has 0 spiro atoms. The molecular formula is C23H31NO3. The van der Waals surface area contributed by atoms with E-state index < -0.39 is 0 Å². The zero-order chi connectivity index (χ0) is 19.5. The van der Waals surface area contributed by atoms with Gasteiger partial charge in [0.15, 0.2) is 0 Å². The predicted octanol–water partition coefficient (Wildman–Crippen LogP) is 5.67. The summed E-state index contributed by atoms with van der Waals surface area (Å²) >= 11 is 0. The number of unbranched alkanes of at least 4 members (excludes halogenated alkanes) is 2. The molecule has 0 heterocycles. The Labute approximate surface area is 162 Å². The summed E-state index contributed by atoms with van der Waals surface area (Å²) in [5.41, 5.74) is 3.15. The Morgan fingerprint density at radius 2 is 1.67 bits per heavy atom. The molecule has 1 N–H and O–H groups in total. The van der Waals surface area contributed by atoms with E-state index in [-0.39, 0.29) is 5.91 Å². The normalized spacial score (nSPS) is 10.5. The largest absolute Gasteiger partial charge is 0.494 e. The number of aryl methyl sites for hydroxylation is 1. The molecule has 27 heavy (non-hydrogen) atoms. The fourth-order valence-electron chi connectivity index (χ4n) is 2.70. The Hall–Kier alpha value is -2.49. The van der Waals surface area contributed by atoms with Gasteiger partial charge in [0.1, 0.15) is 11.5 Å². The molecule has 0 aliphatic carbocycles. The van der Waals surface area contributed by atoms with Gasteiger partial charge in [-0.1, -0.05) is 31.9 Å². The lowest BCUT2D eigenvalue weighted by molar-refractivity contribution is -0.116. The molecule has 2 aromatic rings. The van der Waals surface area contributed by atoms with Crippen LogP contribution in [0.2, 0.25) is 0 Å². The second-order valence-corrected chi connectivity index (χ2v) is 6.78. The third-order valence-electron chi connectivity index (χ3n) is 4.52. The molecule has 0 aliphatic rings. The molecule has 0 atom stereocenters. The number of amides is 1. The van der Waals surface area contributed by atoms with Crippen LogP contribution in [0, 0.1) is 13.8 Å². The SMILES string of the molecule is CCCCCOc1ccc(NC(=O)CCCOc2cccc(C)c2C)cc1. The summed E-state index contributed by atoms with van der Waals surface area (Å²) in [6.45, 7) is 7.56. The average molecular weight is 370 g/mol. The minimum atomic E-state index is -0.00354. The molecule has 2 aromatic carbocycles. The Balaban J connectivity index is 1.67. The number of rotatable bonds is 11. The summed E-state index contributed by atoms with van der Waals surface area (Å²) in [5.74, 6) is 1.73. The number of hydrogen-bond donors (Lipinski definition) is 1. The third kappa shape index (κ3) is 7.33. The zero-order valence-electron chi connectivity index (χ0n) is 16.7. The molecule has 0 aromatic heterocycles. The molecule has 1 amide bonds. The minimum Gasteiger partial charge on any atom is -0.494 e. The number of nitrogens with one attached hydrogen (secondary N) is 1. The molecule has 0 radical (unpaired) electrons. The molecule has 0 fully saturated rings. The van der Waals surface area contributed by atoms with Crippen LogP contribution in [0.25, 0.3) is 0 Å². The van der Waals surface area contributed by atoms with Crippen molar-refractivity contribution in [3.63, 3.8) is 0 Å². The number of ether oxygens (including phenoxy) is 2. The molecule has 2 rings (SSSR count). The number of carbonyl (C=O) groups is 1. The first kappa shape index (κ1) is 20.8. The van der Waals surface area contributed by atoms with E-state index in [2.05, 4.69) is 32.2 Å². The summed E-state index contributed by atoms with van der Waals surface area (Å²) in [6, 6.07) is 13.6. The van der Waals surface area contributed by atoms with Gasteiger partial charge < -0.3 is 14.8 Å². The monoisotopic (exact) mass is 369 g/mol. The molecule has 4 nitrogen and oxygen atoms in total. The number of carbonyl (C=O) groups excluding carboxylic acids is 1. The van der Waals surface area contributed by atoms with Crippen LogP contribution < -0.4 is 14.8 Å². The Morgan fingerprint density at radius 1 is 0.926 bits per heavy atom. The van der Waals surface area contributed by atoms with Crippen LogP contribution in [0.5, 0.6) is 11.5 Å². The van der Waals surface area contributed by atoms with Crippen molar-refractivity contribution in [1.29, 1.82) is 0 Å². The van der Waals surface area contributed by atoms with Crippen LogP contribution in [0.4, 0.5) is 5.69 Å². The van der Waals surface area contributed by atoms with Crippen molar-refractivity contribution in [2.45, 2.75) is 52.9 Å². The van der Waals surface area contributed by atoms with Crippen LogP contribution >= 0.6 is 0 Å². The lowest BCUT2D eigenvalue weighted by atomic mass is 10.1. The third-order valence-corrected chi connectivity index (χ3v) is 4.52. The van der Waals surface area contributed by atoms with Gasteiger partial charge in [-0.25, -0.2) is 0 Å². The van der Waals surface area contributed by atoms with Crippen molar-refractivity contribution in [1.82, 2.24) is 0 Å². The van der Waals surface area contributed by atoms with E-state index in [9.17, 15) is 4.79 Å². The van der Waals surface area contributed by atoms with Crippen molar-refractivity contribution in [3.8, 4) is 11.5 Å². The highest BCUT2D eigenvalue weighted by Gasteiger charge is 2.05. The maximum atomic E-state index is 12.1. The van der Waals surface area contributed by atoms with Crippen molar-refractivity contribution >= 4 is 11.6 Å². The summed E-state index contributed by atoms with van der Waals surface area (Å²) in [4.78, 5) is 12.1. The summed E-state index contributed by atoms with van der Waals surface area (Å²) in [7, 11) is 0. The summed E-state index contributed by atoms with van der Waals surface area (Å²) < 4.78 is 11.5. The quantitative estimate of drug-likeness (QED) is 0.519. The average Bonchev–Trinajstić information content (AvgIpc) is 2.67. The molecule has 0 unspecified atom stereocenters. The van der Waals surface area contributed by atoms with E-state index in [1.165, 1.54) is 18.4 Å². The van der Waals surface area contributed by atoms with E-state index in [0.29, 0.717) is 19.4 Å². The smallest absolute Gasteiger partial charge is 0.224 e. The van der Waals surface area contributed by atoms with Gasteiger partial charge in [-0.3, -0.25) is 4.79 Å². The molecule has 146 valence electrons. The van der Waals surface area contributed by atoms with Crippen molar-refractivity contribution in [3.05, 3.63) is 53.6 Å². The molecule has 0 bridgehead atoms. The standard InChI is InChI=1S/C23H31NO3/c1-4-5-6-16-26-21-14-12-20(13-15-21)24-23(25)11-8-17-27-22-10-7-9-18(2)19(22)3/h7,9-10,12-15H,4-6,8,11,16-17H2,1-3H3,(H,24,25). The number of anilines is 1. The highest BCUT2D eigenvalue weighted by atomic mass is 16.5. The predicted molar refractivity (Wildman–Crippen MR) is 111 cm³/mol. The van der Waals surface area contributed by atoms with Gasteiger partial charge in [0, 0.05) is 12.1 Å². The van der Waals surface area contributed by atoms with E-state index >= 15 is 0 Å². The topological polar surface area (TPSA) is 47.6 Å². The highest BCUT2D eigenvalue weighted by Crippen LogP contribution is 2.21. The fourth-order valence-corrected chi connectivity index (χ4v) is 2.70. The Bertz CT molecular complexity index is 710. The van der Waals surface area contributed by atoms with Crippen LogP contribution in [-0.2, 0) is 4.79 Å². The zero-order valence-corrected chi connectivity index (χ0v) is 16.7. The van der Waals surface area contributed by atoms with Gasteiger partial charge in [-0.15, -0.1) is 0 Å². The second kappa shape index (κ2) is 11.3. The molecule has 0 aliphatic heterocycles. The number of hydrogen-bond acceptors (Lipinski definition) is 3. The molecule has 4 heteroatoms. The number of benzene rings is 2. The van der Waals surface area contributed by atoms with Gasteiger partial charge in [-0.2, -0.15) is 0 Å². The molecule has 0 saturated carbocycles. The Kier molecular flexibility index (Phi) is 8.69.